The van der Waals surface area contributed by atoms with E-state index in [1.807, 2.05) is 0 Å². The molecule has 0 aromatic heterocycles. The van der Waals surface area contributed by atoms with Crippen LogP contribution in [0.4, 0.5) is 0 Å². The van der Waals surface area contributed by atoms with Crippen LogP contribution >= 0.6 is 0 Å². The van der Waals surface area contributed by atoms with Gasteiger partial charge in [0.25, 0.3) is 10.0 Å². The molecule has 0 fully saturated rings. The van der Waals surface area contributed by atoms with Crippen molar-refractivity contribution in [1.82, 2.24) is 4.90 Å². The Labute approximate surface area is 116 Å². The zero-order valence-electron chi connectivity index (χ0n) is 10.4. The van der Waals surface area contributed by atoms with E-state index in [2.05, 4.69) is 4.40 Å². The summed E-state index contributed by atoms with van der Waals surface area (Å²) >= 11 is 0. The molecule has 1 aromatic rings. The predicted molar refractivity (Wildman–Crippen MR) is 74.8 cm³/mol. The zero-order chi connectivity index (χ0) is 14.3. The van der Waals surface area contributed by atoms with Gasteiger partial charge in [-0.1, -0.05) is 6.07 Å². The summed E-state index contributed by atoms with van der Waals surface area (Å²) in [5.74, 6) is -0.169. The Balaban J connectivity index is 2.12. The number of hydrogen-bond donors (Lipinski definition) is 2. The predicted octanol–water partition coefficient (Wildman–Crippen LogP) is 1.05. The molecule has 3 rings (SSSR count). The summed E-state index contributed by atoms with van der Waals surface area (Å²) in [6, 6.07) is 4.33. The molecule has 2 aliphatic rings. The van der Waals surface area contributed by atoms with Crippen LogP contribution in [0.1, 0.15) is 5.56 Å². The molecule has 0 saturated heterocycles. The van der Waals surface area contributed by atoms with Gasteiger partial charge in [0.15, 0.2) is 17.3 Å². The van der Waals surface area contributed by atoms with Gasteiger partial charge in [-0.05, 0) is 29.8 Å². The lowest BCUT2D eigenvalue weighted by molar-refractivity contribution is 0.403. The fourth-order valence-corrected chi connectivity index (χ4v) is 3.12. The number of amidine groups is 1. The highest BCUT2D eigenvalue weighted by Gasteiger charge is 2.27. The Bertz CT molecular complexity index is 763. The largest absolute Gasteiger partial charge is 0.504 e. The Kier molecular flexibility index (Phi) is 2.79. The molecule has 0 spiro atoms. The van der Waals surface area contributed by atoms with Gasteiger partial charge in [0.2, 0.25) is 0 Å². The number of phenols is 2. The topological polar surface area (TPSA) is 90.2 Å². The van der Waals surface area contributed by atoms with Crippen LogP contribution in [0.25, 0.3) is 5.57 Å². The average Bonchev–Trinajstić information content (AvgIpc) is 2.40. The first-order valence-electron chi connectivity index (χ1n) is 5.97. The fourth-order valence-electron chi connectivity index (χ4n) is 2.13. The summed E-state index contributed by atoms with van der Waals surface area (Å²) in [6.45, 7) is 0.346. The SMILES string of the molecule is O=S1(=O)CCN2C=CC=C(c3ccc(O)c(O)c3)C2=N1. The molecule has 0 atom stereocenters. The number of nitrogens with zero attached hydrogens (tertiary/aromatic N) is 2. The lowest BCUT2D eigenvalue weighted by Gasteiger charge is -2.29. The molecule has 2 N–H and O–H groups in total. The van der Waals surface area contributed by atoms with Crippen LogP contribution in [0.15, 0.2) is 40.9 Å². The summed E-state index contributed by atoms with van der Waals surface area (Å²) in [5.41, 5.74) is 1.18. The van der Waals surface area contributed by atoms with E-state index >= 15 is 0 Å². The summed E-state index contributed by atoms with van der Waals surface area (Å²) in [5, 5.41) is 18.9. The second kappa shape index (κ2) is 4.38. The Morgan fingerprint density at radius 1 is 1.20 bits per heavy atom. The number of hydrogen-bond acceptors (Lipinski definition) is 5. The summed E-state index contributed by atoms with van der Waals surface area (Å²) in [7, 11) is -3.45. The summed E-state index contributed by atoms with van der Waals surface area (Å²) < 4.78 is 27.1. The van der Waals surface area contributed by atoms with Crippen LogP contribution in [-0.2, 0) is 10.0 Å². The third-order valence-electron chi connectivity index (χ3n) is 3.14. The molecule has 0 bridgehead atoms. The molecule has 6 nitrogen and oxygen atoms in total. The van der Waals surface area contributed by atoms with Crippen molar-refractivity contribution in [2.24, 2.45) is 4.40 Å². The number of allylic oxidation sites excluding steroid dienone is 2. The minimum atomic E-state index is -3.45. The summed E-state index contributed by atoms with van der Waals surface area (Å²) in [6.07, 6.45) is 5.27. The van der Waals surface area contributed by atoms with Gasteiger partial charge in [-0.3, -0.25) is 0 Å². The molecule has 1 aromatic carbocycles. The third-order valence-corrected chi connectivity index (χ3v) is 4.29. The standard InChI is InChI=1S/C13H12N2O4S/c16-11-4-3-9(8-12(11)17)10-2-1-5-15-6-7-20(18,19)14-13(10)15/h1-5,8,16-17H,6-7H2. The number of rotatable bonds is 1. The second-order valence-electron chi connectivity index (χ2n) is 4.52. The molecular formula is C13H12N2O4S. The summed E-state index contributed by atoms with van der Waals surface area (Å²) in [4.78, 5) is 1.75. The minimum Gasteiger partial charge on any atom is -0.504 e. The highest BCUT2D eigenvalue weighted by atomic mass is 32.2. The molecule has 0 radical (unpaired) electrons. The van der Waals surface area contributed by atoms with Crippen LogP contribution in [0.2, 0.25) is 0 Å². The van der Waals surface area contributed by atoms with Crippen molar-refractivity contribution in [3.05, 3.63) is 42.1 Å². The first-order chi connectivity index (χ1) is 9.46. The van der Waals surface area contributed by atoms with Gasteiger partial charge in [0.1, 0.15) is 0 Å². The lowest BCUT2D eigenvalue weighted by Crippen LogP contribution is -2.37. The molecular weight excluding hydrogens is 280 g/mol. The molecule has 20 heavy (non-hydrogen) atoms. The second-order valence-corrected chi connectivity index (χ2v) is 6.27. The number of sulfonamides is 1. The van der Waals surface area contributed by atoms with E-state index < -0.39 is 10.0 Å². The van der Waals surface area contributed by atoms with E-state index in [0.717, 1.165) is 0 Å². The van der Waals surface area contributed by atoms with Crippen molar-refractivity contribution in [1.29, 1.82) is 0 Å². The Morgan fingerprint density at radius 3 is 2.75 bits per heavy atom. The molecule has 0 amide bonds. The Hall–Kier alpha value is -2.28. The lowest BCUT2D eigenvalue weighted by atomic mass is 10.0. The number of aromatic hydroxyl groups is 2. The highest BCUT2D eigenvalue weighted by molar-refractivity contribution is 7.90. The maximum absolute atomic E-state index is 11.6. The minimum absolute atomic E-state index is 0.0189. The van der Waals surface area contributed by atoms with Crippen molar-refractivity contribution >= 4 is 21.4 Å². The van der Waals surface area contributed by atoms with Gasteiger partial charge >= 0.3 is 0 Å². The molecule has 2 aliphatic heterocycles. The molecule has 0 aliphatic carbocycles. The van der Waals surface area contributed by atoms with Gasteiger partial charge in [-0.15, -0.1) is 4.40 Å². The normalized spacial score (nSPS) is 20.1. The quantitative estimate of drug-likeness (QED) is 0.755. The molecule has 7 heteroatoms. The average molecular weight is 292 g/mol. The van der Waals surface area contributed by atoms with Crippen LogP contribution in [-0.4, -0.2) is 41.7 Å². The third kappa shape index (κ3) is 2.16. The van der Waals surface area contributed by atoms with Crippen molar-refractivity contribution < 1.29 is 18.6 Å². The molecule has 104 valence electrons. The van der Waals surface area contributed by atoms with Gasteiger partial charge in [0, 0.05) is 18.3 Å². The van der Waals surface area contributed by atoms with Gasteiger partial charge in [-0.25, -0.2) is 8.42 Å². The smallest absolute Gasteiger partial charge is 0.256 e. The number of fused-ring (bicyclic) bond motifs is 1. The van der Waals surface area contributed by atoms with Crippen molar-refractivity contribution in [3.63, 3.8) is 0 Å². The van der Waals surface area contributed by atoms with E-state index in [0.29, 0.717) is 23.5 Å². The Morgan fingerprint density at radius 2 is 2.00 bits per heavy atom. The monoisotopic (exact) mass is 292 g/mol. The fraction of sp³-hybridized carbons (Fsp3) is 0.154. The molecule has 0 saturated carbocycles. The van der Waals surface area contributed by atoms with E-state index in [4.69, 9.17) is 0 Å². The van der Waals surface area contributed by atoms with Gasteiger partial charge < -0.3 is 15.1 Å². The molecule has 2 heterocycles. The first-order valence-corrected chi connectivity index (χ1v) is 7.58. The van der Waals surface area contributed by atoms with Crippen molar-refractivity contribution in [2.75, 3.05) is 12.3 Å². The first kappa shape index (κ1) is 12.7. The van der Waals surface area contributed by atoms with Crippen molar-refractivity contribution in [2.45, 2.75) is 0 Å². The van der Waals surface area contributed by atoms with E-state index in [1.54, 1.807) is 29.3 Å². The maximum atomic E-state index is 11.6. The van der Waals surface area contributed by atoms with Crippen LogP contribution in [0, 0.1) is 0 Å². The van der Waals surface area contributed by atoms with Crippen molar-refractivity contribution in [3.8, 4) is 11.5 Å². The highest BCUT2D eigenvalue weighted by Crippen LogP contribution is 2.31. The van der Waals surface area contributed by atoms with Crippen LogP contribution < -0.4 is 0 Å². The number of phenolic OH excluding ortho intramolecular Hbond substituents is 2. The van der Waals surface area contributed by atoms with E-state index in [1.165, 1.54) is 12.1 Å². The van der Waals surface area contributed by atoms with Gasteiger partial charge in [0.05, 0.1) is 5.75 Å². The van der Waals surface area contributed by atoms with Crippen LogP contribution in [0.5, 0.6) is 11.5 Å². The molecule has 0 unspecified atom stereocenters. The van der Waals surface area contributed by atoms with Gasteiger partial charge in [-0.2, -0.15) is 0 Å². The number of benzene rings is 1. The maximum Gasteiger partial charge on any atom is 0.256 e. The van der Waals surface area contributed by atoms with Crippen LogP contribution in [0.3, 0.4) is 0 Å². The zero-order valence-corrected chi connectivity index (χ0v) is 11.2. The van der Waals surface area contributed by atoms with E-state index in [9.17, 15) is 18.6 Å². The van der Waals surface area contributed by atoms with E-state index in [-0.39, 0.29) is 17.3 Å².